The zero-order valence-electron chi connectivity index (χ0n) is 12.3. The number of benzene rings is 1. The molecule has 1 aliphatic rings. The van der Waals surface area contributed by atoms with E-state index in [0.717, 1.165) is 11.8 Å². The van der Waals surface area contributed by atoms with Crippen LogP contribution >= 0.6 is 0 Å². The first-order valence-corrected chi connectivity index (χ1v) is 7.01. The van der Waals surface area contributed by atoms with E-state index < -0.39 is 12.5 Å². The number of amides is 1. The van der Waals surface area contributed by atoms with Gasteiger partial charge in [0.1, 0.15) is 12.3 Å². The van der Waals surface area contributed by atoms with Crippen molar-refractivity contribution in [3.8, 4) is 11.5 Å². The Morgan fingerprint density at radius 2 is 2.30 bits per heavy atom. The highest BCUT2D eigenvalue weighted by Gasteiger charge is 2.25. The number of carbonyl (C=O) groups excluding carboxylic acids is 1. The maximum Gasteiger partial charge on any atom is 0.333 e. The van der Waals surface area contributed by atoms with E-state index in [1.807, 2.05) is 12.1 Å². The summed E-state index contributed by atoms with van der Waals surface area (Å²) in [5, 5.41) is 6.28. The minimum Gasteiger partial charge on any atom is -0.493 e. The Hall–Kier alpha value is -2.64. The molecule has 1 unspecified atom stereocenters. The highest BCUT2D eigenvalue weighted by atomic mass is 19.3. The van der Waals surface area contributed by atoms with Gasteiger partial charge in [-0.3, -0.25) is 4.79 Å². The molecule has 1 N–H and O–H groups in total. The van der Waals surface area contributed by atoms with Gasteiger partial charge < -0.3 is 14.8 Å². The lowest BCUT2D eigenvalue weighted by Gasteiger charge is -2.26. The van der Waals surface area contributed by atoms with Crippen LogP contribution in [0.4, 0.5) is 8.78 Å². The molecule has 6 nitrogen and oxygen atoms in total. The molecule has 23 heavy (non-hydrogen) atoms. The number of methoxy groups -OCH3 is 1. The molecule has 0 saturated carbocycles. The maximum absolute atomic E-state index is 12.5. The van der Waals surface area contributed by atoms with E-state index in [-0.39, 0.29) is 18.3 Å². The molecule has 1 aromatic heterocycles. The molecule has 3 rings (SSSR count). The number of fused-ring (bicyclic) bond motifs is 1. The van der Waals surface area contributed by atoms with Gasteiger partial charge in [0, 0.05) is 11.8 Å². The predicted octanol–water partition coefficient (Wildman–Crippen LogP) is 2.02. The second-order valence-corrected chi connectivity index (χ2v) is 5.09. The first-order chi connectivity index (χ1) is 11.1. The molecule has 1 aromatic carbocycles. The zero-order valence-corrected chi connectivity index (χ0v) is 12.3. The van der Waals surface area contributed by atoms with Crippen LogP contribution in [-0.2, 0) is 6.42 Å². The summed E-state index contributed by atoms with van der Waals surface area (Å²) in [6.45, 7) is -2.50. The fourth-order valence-electron chi connectivity index (χ4n) is 2.47. The van der Waals surface area contributed by atoms with E-state index in [1.165, 1.54) is 6.07 Å². The largest absolute Gasteiger partial charge is 0.493 e. The number of para-hydroxylation sites is 1. The number of hydrogen-bond acceptors (Lipinski definition) is 4. The zero-order chi connectivity index (χ0) is 16.4. The van der Waals surface area contributed by atoms with Crippen molar-refractivity contribution in [2.75, 3.05) is 13.7 Å². The maximum atomic E-state index is 12.5. The lowest BCUT2D eigenvalue weighted by Crippen LogP contribution is -2.43. The molecule has 0 fully saturated rings. The van der Waals surface area contributed by atoms with Crippen LogP contribution in [0, 0.1) is 0 Å². The van der Waals surface area contributed by atoms with Crippen LogP contribution in [0.3, 0.4) is 0 Å². The molecule has 2 heterocycles. The number of ether oxygens (including phenoxy) is 2. The lowest BCUT2D eigenvalue weighted by molar-refractivity contribution is 0.0559. The van der Waals surface area contributed by atoms with Gasteiger partial charge in [-0.15, -0.1) is 0 Å². The van der Waals surface area contributed by atoms with Gasteiger partial charge in [-0.25, -0.2) is 4.68 Å². The highest BCUT2D eigenvalue weighted by Crippen LogP contribution is 2.34. The quantitative estimate of drug-likeness (QED) is 0.935. The van der Waals surface area contributed by atoms with Crippen molar-refractivity contribution in [3.63, 3.8) is 0 Å². The molecule has 0 bridgehead atoms. The molecule has 1 amide bonds. The number of carbonyl (C=O) groups is 1. The smallest absolute Gasteiger partial charge is 0.333 e. The second kappa shape index (κ2) is 6.23. The van der Waals surface area contributed by atoms with Crippen molar-refractivity contribution < 1.29 is 23.0 Å². The summed E-state index contributed by atoms with van der Waals surface area (Å²) >= 11 is 0. The summed E-state index contributed by atoms with van der Waals surface area (Å²) in [5.41, 5.74) is 0.862. The molecule has 8 heteroatoms. The third-order valence-electron chi connectivity index (χ3n) is 3.55. The Balaban J connectivity index is 1.68. The van der Waals surface area contributed by atoms with E-state index in [2.05, 4.69) is 10.4 Å². The summed E-state index contributed by atoms with van der Waals surface area (Å²) < 4.78 is 36.3. The molecular formula is C15H15F2N3O3. The molecule has 0 radical (unpaired) electrons. The number of aromatic nitrogens is 2. The number of hydrogen-bond donors (Lipinski definition) is 1. The van der Waals surface area contributed by atoms with Crippen LogP contribution in [0.1, 0.15) is 22.6 Å². The Morgan fingerprint density at radius 3 is 3.00 bits per heavy atom. The summed E-state index contributed by atoms with van der Waals surface area (Å²) in [5.74, 6) is 0.801. The fourth-order valence-corrected chi connectivity index (χ4v) is 2.47. The third-order valence-corrected chi connectivity index (χ3v) is 3.55. The van der Waals surface area contributed by atoms with Crippen molar-refractivity contribution in [3.05, 3.63) is 41.7 Å². The number of alkyl halides is 2. The molecular weight excluding hydrogens is 308 g/mol. The van der Waals surface area contributed by atoms with Gasteiger partial charge in [0.25, 0.3) is 5.91 Å². The van der Waals surface area contributed by atoms with E-state index in [1.54, 1.807) is 13.2 Å². The average molecular weight is 323 g/mol. The van der Waals surface area contributed by atoms with Gasteiger partial charge in [0.05, 0.1) is 13.2 Å². The van der Waals surface area contributed by atoms with Gasteiger partial charge in [-0.05, 0) is 18.6 Å². The second-order valence-electron chi connectivity index (χ2n) is 5.09. The SMILES string of the molecule is COc1cccc2c1OCC(NC(=O)c1ccn(C(F)F)n1)C2. The first-order valence-electron chi connectivity index (χ1n) is 7.01. The standard InChI is InChI=1S/C15H15F2N3O3/c1-22-12-4-2-3-9-7-10(8-23-13(9)12)18-14(21)11-5-6-20(19-11)15(16)17/h2-6,10,15H,7-8H2,1H3,(H,18,21). The van der Waals surface area contributed by atoms with E-state index in [0.29, 0.717) is 22.6 Å². The molecule has 1 aliphatic heterocycles. The van der Waals surface area contributed by atoms with Gasteiger partial charge >= 0.3 is 6.55 Å². The van der Waals surface area contributed by atoms with Gasteiger partial charge in [-0.1, -0.05) is 12.1 Å². The van der Waals surface area contributed by atoms with Crippen LogP contribution < -0.4 is 14.8 Å². The Labute approximate surface area is 131 Å². The minimum atomic E-state index is -2.77. The Kier molecular flexibility index (Phi) is 4.14. The highest BCUT2D eigenvalue weighted by molar-refractivity contribution is 5.92. The summed E-state index contributed by atoms with van der Waals surface area (Å²) in [6, 6.07) is 6.52. The van der Waals surface area contributed by atoms with Crippen molar-refractivity contribution in [2.24, 2.45) is 0 Å². The summed E-state index contributed by atoms with van der Waals surface area (Å²) in [4.78, 5) is 12.1. The Bertz CT molecular complexity index is 718. The molecule has 0 aliphatic carbocycles. The number of nitrogens with one attached hydrogen (secondary N) is 1. The molecule has 2 aromatic rings. The van der Waals surface area contributed by atoms with Crippen LogP contribution in [0.5, 0.6) is 11.5 Å². The molecule has 1 atom stereocenters. The Morgan fingerprint density at radius 1 is 1.48 bits per heavy atom. The van der Waals surface area contributed by atoms with Gasteiger partial charge in [-0.2, -0.15) is 13.9 Å². The van der Waals surface area contributed by atoms with Crippen molar-refractivity contribution >= 4 is 5.91 Å². The van der Waals surface area contributed by atoms with Crippen molar-refractivity contribution in [2.45, 2.75) is 19.0 Å². The van der Waals surface area contributed by atoms with Crippen molar-refractivity contribution in [1.82, 2.24) is 15.1 Å². The fraction of sp³-hybridized carbons (Fsp3) is 0.333. The van der Waals surface area contributed by atoms with Crippen LogP contribution in [0.15, 0.2) is 30.5 Å². The molecule has 122 valence electrons. The summed E-state index contributed by atoms with van der Waals surface area (Å²) in [6.07, 6.45) is 1.63. The van der Waals surface area contributed by atoms with E-state index >= 15 is 0 Å². The minimum absolute atomic E-state index is 0.0539. The number of rotatable bonds is 4. The van der Waals surface area contributed by atoms with Crippen LogP contribution in [0.2, 0.25) is 0 Å². The average Bonchev–Trinajstić information content (AvgIpc) is 3.04. The van der Waals surface area contributed by atoms with Crippen LogP contribution in [-0.4, -0.2) is 35.4 Å². The van der Waals surface area contributed by atoms with E-state index in [4.69, 9.17) is 9.47 Å². The van der Waals surface area contributed by atoms with Crippen molar-refractivity contribution in [1.29, 1.82) is 0 Å². The van der Waals surface area contributed by atoms with Gasteiger partial charge in [0.2, 0.25) is 0 Å². The predicted molar refractivity (Wildman–Crippen MR) is 76.9 cm³/mol. The number of halogens is 2. The summed E-state index contributed by atoms with van der Waals surface area (Å²) in [7, 11) is 1.56. The topological polar surface area (TPSA) is 65.4 Å². The lowest BCUT2D eigenvalue weighted by atomic mass is 10.0. The third kappa shape index (κ3) is 3.10. The number of nitrogens with zero attached hydrogens (tertiary/aromatic N) is 2. The van der Waals surface area contributed by atoms with Gasteiger partial charge in [0.15, 0.2) is 11.5 Å². The van der Waals surface area contributed by atoms with E-state index in [9.17, 15) is 13.6 Å². The normalized spacial score (nSPS) is 16.6. The first kappa shape index (κ1) is 15.3. The monoisotopic (exact) mass is 323 g/mol. The van der Waals surface area contributed by atoms with Crippen LogP contribution in [0.25, 0.3) is 0 Å². The molecule has 0 saturated heterocycles. The molecule has 0 spiro atoms.